The third kappa shape index (κ3) is 6.06. The Morgan fingerprint density at radius 3 is 2.26 bits per heavy atom. The Bertz CT molecular complexity index is 564. The summed E-state index contributed by atoms with van der Waals surface area (Å²) in [6, 6.07) is 3.96. The monoisotopic (exact) mass is 325 g/mol. The van der Waals surface area contributed by atoms with Gasteiger partial charge in [0, 0.05) is 6.42 Å². The third-order valence-corrected chi connectivity index (χ3v) is 2.88. The highest BCUT2D eigenvalue weighted by molar-refractivity contribution is 5.80. The Morgan fingerprint density at radius 2 is 1.78 bits per heavy atom. The van der Waals surface area contributed by atoms with E-state index in [4.69, 9.17) is 14.2 Å². The number of carboxylic acids is 1. The predicted octanol–water partition coefficient (Wildman–Crippen LogP) is 2.22. The Morgan fingerprint density at radius 1 is 1.17 bits per heavy atom. The van der Waals surface area contributed by atoms with Crippen LogP contribution in [-0.2, 0) is 16.0 Å². The zero-order valence-corrected chi connectivity index (χ0v) is 14.0. The third-order valence-electron chi connectivity index (χ3n) is 2.88. The standard InChI is InChI=1S/C16H23NO6/c1-16(2,3)23-15(20)17-11(14(18)19)8-10-6-7-12(21-4)13(9-10)22-5/h6-7,9,11H,8H2,1-5H3,(H,17,20)(H,18,19)/t11-/m0/s1. The van der Waals surface area contributed by atoms with E-state index in [9.17, 15) is 14.7 Å². The molecule has 7 nitrogen and oxygen atoms in total. The van der Waals surface area contributed by atoms with Crippen LogP contribution in [0.3, 0.4) is 0 Å². The smallest absolute Gasteiger partial charge is 0.408 e. The highest BCUT2D eigenvalue weighted by atomic mass is 16.6. The average Bonchev–Trinajstić information content (AvgIpc) is 2.44. The molecule has 0 aliphatic carbocycles. The second-order valence-electron chi connectivity index (χ2n) is 5.93. The molecule has 0 unspecified atom stereocenters. The number of alkyl carbamates (subject to hydrolysis) is 1. The van der Waals surface area contributed by atoms with Gasteiger partial charge in [0.1, 0.15) is 11.6 Å². The number of methoxy groups -OCH3 is 2. The van der Waals surface area contributed by atoms with Crippen LogP contribution in [0, 0.1) is 0 Å². The Labute approximate surface area is 135 Å². The summed E-state index contributed by atoms with van der Waals surface area (Å²) in [5, 5.41) is 11.6. The number of carbonyl (C=O) groups excluding carboxylic acids is 1. The van der Waals surface area contributed by atoms with Gasteiger partial charge in [0.15, 0.2) is 11.5 Å². The Balaban J connectivity index is 2.84. The second kappa shape index (κ2) is 7.71. The number of carbonyl (C=O) groups is 2. The lowest BCUT2D eigenvalue weighted by Gasteiger charge is -2.22. The Kier molecular flexibility index (Phi) is 6.24. The molecule has 1 aromatic carbocycles. The van der Waals surface area contributed by atoms with Crippen molar-refractivity contribution < 1.29 is 28.9 Å². The summed E-state index contributed by atoms with van der Waals surface area (Å²) in [5.41, 5.74) is -0.0117. The van der Waals surface area contributed by atoms with Gasteiger partial charge in [-0.15, -0.1) is 0 Å². The predicted molar refractivity (Wildman–Crippen MR) is 84.0 cm³/mol. The van der Waals surface area contributed by atoms with Gasteiger partial charge in [0.2, 0.25) is 0 Å². The van der Waals surface area contributed by atoms with E-state index in [1.54, 1.807) is 39.0 Å². The molecule has 1 aromatic rings. The molecule has 7 heteroatoms. The summed E-state index contributed by atoms with van der Waals surface area (Å²) >= 11 is 0. The number of hydrogen-bond donors (Lipinski definition) is 2. The molecule has 0 bridgehead atoms. The molecule has 0 radical (unpaired) electrons. The van der Waals surface area contributed by atoms with Gasteiger partial charge in [-0.25, -0.2) is 9.59 Å². The number of carboxylic acid groups (broad SMARTS) is 1. The maximum Gasteiger partial charge on any atom is 0.408 e. The molecule has 0 aromatic heterocycles. The van der Waals surface area contributed by atoms with Crippen molar-refractivity contribution in [3.8, 4) is 11.5 Å². The van der Waals surface area contributed by atoms with E-state index in [1.165, 1.54) is 14.2 Å². The molecular formula is C16H23NO6. The molecule has 128 valence electrons. The van der Waals surface area contributed by atoms with E-state index >= 15 is 0 Å². The minimum Gasteiger partial charge on any atom is -0.493 e. The number of ether oxygens (including phenoxy) is 3. The summed E-state index contributed by atoms with van der Waals surface area (Å²) in [5.74, 6) is -0.111. The van der Waals surface area contributed by atoms with Crippen LogP contribution in [0.4, 0.5) is 4.79 Å². The number of rotatable bonds is 6. The van der Waals surface area contributed by atoms with Gasteiger partial charge in [-0.1, -0.05) is 6.07 Å². The molecule has 0 saturated carbocycles. The highest BCUT2D eigenvalue weighted by Gasteiger charge is 2.24. The van der Waals surface area contributed by atoms with Crippen LogP contribution in [0.15, 0.2) is 18.2 Å². The number of nitrogens with one attached hydrogen (secondary N) is 1. The zero-order valence-electron chi connectivity index (χ0n) is 14.0. The largest absolute Gasteiger partial charge is 0.493 e. The summed E-state index contributed by atoms with van der Waals surface area (Å²) in [7, 11) is 3.01. The van der Waals surface area contributed by atoms with Crippen molar-refractivity contribution >= 4 is 12.1 Å². The lowest BCUT2D eigenvalue weighted by atomic mass is 10.1. The first-order chi connectivity index (χ1) is 10.7. The topological polar surface area (TPSA) is 94.1 Å². The summed E-state index contributed by atoms with van der Waals surface area (Å²) in [4.78, 5) is 23.1. The van der Waals surface area contributed by atoms with Crippen LogP contribution in [-0.4, -0.2) is 43.0 Å². The van der Waals surface area contributed by atoms with Crippen LogP contribution in [0.2, 0.25) is 0 Å². The van der Waals surface area contributed by atoms with Crippen molar-refractivity contribution in [2.24, 2.45) is 0 Å². The summed E-state index contributed by atoms with van der Waals surface area (Å²) in [6.45, 7) is 5.12. The fraction of sp³-hybridized carbons (Fsp3) is 0.500. The van der Waals surface area contributed by atoms with Gasteiger partial charge in [-0.2, -0.15) is 0 Å². The first-order valence-electron chi connectivity index (χ1n) is 7.09. The minimum absolute atomic E-state index is 0.0922. The lowest BCUT2D eigenvalue weighted by molar-refractivity contribution is -0.139. The van der Waals surface area contributed by atoms with Crippen LogP contribution < -0.4 is 14.8 Å². The van der Waals surface area contributed by atoms with Gasteiger partial charge in [0.05, 0.1) is 14.2 Å². The SMILES string of the molecule is COc1ccc(C[C@H](NC(=O)OC(C)(C)C)C(=O)O)cc1OC. The molecule has 0 aliphatic heterocycles. The molecule has 2 N–H and O–H groups in total. The maximum absolute atomic E-state index is 11.7. The van der Waals surface area contributed by atoms with Crippen molar-refractivity contribution in [3.05, 3.63) is 23.8 Å². The van der Waals surface area contributed by atoms with Gasteiger partial charge in [-0.05, 0) is 38.5 Å². The lowest BCUT2D eigenvalue weighted by Crippen LogP contribution is -2.44. The average molecular weight is 325 g/mol. The quantitative estimate of drug-likeness (QED) is 0.833. The van der Waals surface area contributed by atoms with Crippen LogP contribution >= 0.6 is 0 Å². The van der Waals surface area contributed by atoms with Crippen molar-refractivity contribution in [2.75, 3.05) is 14.2 Å². The highest BCUT2D eigenvalue weighted by Crippen LogP contribution is 2.28. The molecular weight excluding hydrogens is 302 g/mol. The van der Waals surface area contributed by atoms with E-state index in [1.807, 2.05) is 0 Å². The molecule has 1 atom stereocenters. The van der Waals surface area contributed by atoms with E-state index in [0.29, 0.717) is 17.1 Å². The fourth-order valence-electron chi connectivity index (χ4n) is 1.89. The number of amides is 1. The number of hydrogen-bond acceptors (Lipinski definition) is 5. The molecule has 0 spiro atoms. The zero-order chi connectivity index (χ0) is 17.6. The molecule has 0 saturated heterocycles. The van der Waals surface area contributed by atoms with Gasteiger partial charge in [-0.3, -0.25) is 0 Å². The molecule has 0 aliphatic rings. The second-order valence-corrected chi connectivity index (χ2v) is 5.93. The number of benzene rings is 1. The van der Waals surface area contributed by atoms with E-state index in [-0.39, 0.29) is 6.42 Å². The molecule has 0 heterocycles. The molecule has 1 amide bonds. The van der Waals surface area contributed by atoms with Gasteiger partial charge < -0.3 is 24.6 Å². The molecule has 0 fully saturated rings. The number of aliphatic carboxylic acids is 1. The van der Waals surface area contributed by atoms with Gasteiger partial charge in [0.25, 0.3) is 0 Å². The van der Waals surface area contributed by atoms with Crippen LogP contribution in [0.5, 0.6) is 11.5 Å². The van der Waals surface area contributed by atoms with Crippen molar-refractivity contribution in [3.63, 3.8) is 0 Å². The van der Waals surface area contributed by atoms with Crippen molar-refractivity contribution in [1.29, 1.82) is 0 Å². The van der Waals surface area contributed by atoms with Crippen molar-refractivity contribution in [2.45, 2.75) is 38.8 Å². The Hall–Kier alpha value is -2.44. The fourth-order valence-corrected chi connectivity index (χ4v) is 1.89. The van der Waals surface area contributed by atoms with Gasteiger partial charge >= 0.3 is 12.1 Å². The van der Waals surface area contributed by atoms with E-state index < -0.39 is 23.7 Å². The van der Waals surface area contributed by atoms with Crippen molar-refractivity contribution in [1.82, 2.24) is 5.32 Å². The summed E-state index contributed by atoms with van der Waals surface area (Å²) < 4.78 is 15.4. The van der Waals surface area contributed by atoms with E-state index in [2.05, 4.69) is 5.32 Å². The normalized spacial score (nSPS) is 12.2. The summed E-state index contributed by atoms with van der Waals surface area (Å²) in [6.07, 6.45) is -0.681. The molecule has 23 heavy (non-hydrogen) atoms. The maximum atomic E-state index is 11.7. The first kappa shape index (κ1) is 18.6. The van der Waals surface area contributed by atoms with Crippen LogP contribution in [0.25, 0.3) is 0 Å². The first-order valence-corrected chi connectivity index (χ1v) is 7.09. The van der Waals surface area contributed by atoms with E-state index in [0.717, 1.165) is 0 Å². The minimum atomic E-state index is -1.15. The van der Waals surface area contributed by atoms with Crippen LogP contribution in [0.1, 0.15) is 26.3 Å². The molecule has 1 rings (SSSR count).